The molecule has 0 heterocycles. The largest absolute Gasteiger partial charge is 0.497 e. The zero-order chi connectivity index (χ0) is 15.8. The Kier molecular flexibility index (Phi) is 6.52. The second kappa shape index (κ2) is 8.14. The molecule has 0 aliphatic heterocycles. The summed E-state index contributed by atoms with van der Waals surface area (Å²) in [6, 6.07) is 5.07. The van der Waals surface area contributed by atoms with E-state index >= 15 is 0 Å². The molecule has 0 spiro atoms. The fourth-order valence-corrected chi connectivity index (χ4v) is 1.93. The lowest BCUT2D eigenvalue weighted by molar-refractivity contribution is -0.137. The third-order valence-electron chi connectivity index (χ3n) is 3.04. The molecule has 1 rings (SSSR count). The van der Waals surface area contributed by atoms with Gasteiger partial charge in [0.1, 0.15) is 11.5 Å². The van der Waals surface area contributed by atoms with Gasteiger partial charge < -0.3 is 19.9 Å². The van der Waals surface area contributed by atoms with Crippen LogP contribution in [0.15, 0.2) is 18.2 Å². The molecular weight excluding hydrogens is 274 g/mol. The summed E-state index contributed by atoms with van der Waals surface area (Å²) >= 11 is 0. The molecule has 2 N–H and O–H groups in total. The monoisotopic (exact) mass is 295 g/mol. The average molecular weight is 295 g/mol. The summed E-state index contributed by atoms with van der Waals surface area (Å²) in [6.45, 7) is 1.78. The van der Waals surface area contributed by atoms with E-state index in [1.807, 2.05) is 0 Å². The van der Waals surface area contributed by atoms with E-state index < -0.39 is 5.97 Å². The minimum absolute atomic E-state index is 0.0317. The minimum Gasteiger partial charge on any atom is -0.497 e. The Labute approximate surface area is 124 Å². The third kappa shape index (κ3) is 5.72. The Balaban J connectivity index is 2.63. The van der Waals surface area contributed by atoms with Gasteiger partial charge in [0.05, 0.1) is 20.6 Å². The average Bonchev–Trinajstić information content (AvgIpc) is 2.44. The first-order valence-corrected chi connectivity index (χ1v) is 6.68. The molecule has 1 amide bonds. The molecule has 0 aliphatic rings. The van der Waals surface area contributed by atoms with E-state index in [1.54, 1.807) is 39.3 Å². The standard InChI is InChI=1S/C15H21NO5/c1-10(4-7-15(18)19)16-14(17)9-11-8-12(20-2)5-6-13(11)21-3/h5-6,8,10H,4,7,9H2,1-3H3,(H,16,17)(H,18,19). The van der Waals surface area contributed by atoms with Crippen molar-refractivity contribution in [2.45, 2.75) is 32.2 Å². The highest BCUT2D eigenvalue weighted by molar-refractivity contribution is 5.79. The molecule has 1 unspecified atom stereocenters. The molecule has 0 aliphatic carbocycles. The summed E-state index contributed by atoms with van der Waals surface area (Å²) < 4.78 is 10.3. The van der Waals surface area contributed by atoms with Crippen LogP contribution in [0.2, 0.25) is 0 Å². The second-order valence-corrected chi connectivity index (χ2v) is 4.76. The fourth-order valence-electron chi connectivity index (χ4n) is 1.93. The topological polar surface area (TPSA) is 84.9 Å². The molecule has 1 aromatic carbocycles. The Hall–Kier alpha value is -2.24. The first-order chi connectivity index (χ1) is 9.96. The molecule has 1 atom stereocenters. The van der Waals surface area contributed by atoms with Gasteiger partial charge in [0.15, 0.2) is 0 Å². The predicted octanol–water partition coefficient (Wildman–Crippen LogP) is 1.62. The number of carboxylic acid groups (broad SMARTS) is 1. The van der Waals surface area contributed by atoms with Crippen LogP contribution in [0.1, 0.15) is 25.3 Å². The number of rotatable bonds is 8. The Morgan fingerprint density at radius 2 is 2.00 bits per heavy atom. The van der Waals surface area contributed by atoms with E-state index in [0.717, 1.165) is 5.56 Å². The fraction of sp³-hybridized carbons (Fsp3) is 0.467. The Morgan fingerprint density at radius 3 is 2.57 bits per heavy atom. The van der Waals surface area contributed by atoms with Crippen LogP contribution in [0.4, 0.5) is 0 Å². The quantitative estimate of drug-likeness (QED) is 0.761. The van der Waals surface area contributed by atoms with Crippen LogP contribution in [0.5, 0.6) is 11.5 Å². The van der Waals surface area contributed by atoms with Crippen LogP contribution in [-0.4, -0.2) is 37.2 Å². The van der Waals surface area contributed by atoms with Crippen molar-refractivity contribution in [3.05, 3.63) is 23.8 Å². The van der Waals surface area contributed by atoms with Crippen LogP contribution >= 0.6 is 0 Å². The lowest BCUT2D eigenvalue weighted by Crippen LogP contribution is -2.34. The lowest BCUT2D eigenvalue weighted by atomic mass is 10.1. The van der Waals surface area contributed by atoms with Crippen molar-refractivity contribution in [1.29, 1.82) is 0 Å². The van der Waals surface area contributed by atoms with Crippen LogP contribution in [0.3, 0.4) is 0 Å². The van der Waals surface area contributed by atoms with Crippen LogP contribution in [0.25, 0.3) is 0 Å². The van der Waals surface area contributed by atoms with Gasteiger partial charge in [-0.15, -0.1) is 0 Å². The van der Waals surface area contributed by atoms with Gasteiger partial charge in [-0.1, -0.05) is 0 Å². The molecular formula is C15H21NO5. The molecule has 0 bridgehead atoms. The molecule has 116 valence electrons. The first kappa shape index (κ1) is 16.8. The van der Waals surface area contributed by atoms with Crippen molar-refractivity contribution in [2.75, 3.05) is 14.2 Å². The number of carboxylic acids is 1. The number of benzene rings is 1. The van der Waals surface area contributed by atoms with Crippen molar-refractivity contribution in [1.82, 2.24) is 5.32 Å². The molecule has 0 saturated carbocycles. The number of amides is 1. The lowest BCUT2D eigenvalue weighted by Gasteiger charge is -2.14. The van der Waals surface area contributed by atoms with Crippen LogP contribution in [0, 0.1) is 0 Å². The number of ether oxygens (including phenoxy) is 2. The molecule has 6 heteroatoms. The molecule has 0 saturated heterocycles. The third-order valence-corrected chi connectivity index (χ3v) is 3.04. The van der Waals surface area contributed by atoms with E-state index in [1.165, 1.54) is 0 Å². The molecule has 6 nitrogen and oxygen atoms in total. The Bertz CT molecular complexity index is 501. The normalized spacial score (nSPS) is 11.6. The van der Waals surface area contributed by atoms with Crippen molar-refractivity contribution in [3.63, 3.8) is 0 Å². The van der Waals surface area contributed by atoms with Crippen LogP contribution < -0.4 is 14.8 Å². The smallest absolute Gasteiger partial charge is 0.303 e. The van der Waals surface area contributed by atoms with Gasteiger partial charge in [0, 0.05) is 18.0 Å². The number of carbonyl (C=O) groups excluding carboxylic acids is 1. The van der Waals surface area contributed by atoms with Gasteiger partial charge in [-0.05, 0) is 31.5 Å². The number of methoxy groups -OCH3 is 2. The van der Waals surface area contributed by atoms with Gasteiger partial charge >= 0.3 is 5.97 Å². The molecule has 21 heavy (non-hydrogen) atoms. The van der Waals surface area contributed by atoms with Crippen molar-refractivity contribution < 1.29 is 24.2 Å². The minimum atomic E-state index is -0.870. The van der Waals surface area contributed by atoms with Gasteiger partial charge in [0.2, 0.25) is 5.91 Å². The molecule has 0 aromatic heterocycles. The number of carbonyl (C=O) groups is 2. The van der Waals surface area contributed by atoms with Gasteiger partial charge in [0.25, 0.3) is 0 Å². The maximum Gasteiger partial charge on any atom is 0.303 e. The number of nitrogens with one attached hydrogen (secondary N) is 1. The molecule has 0 radical (unpaired) electrons. The van der Waals surface area contributed by atoms with Gasteiger partial charge in [-0.2, -0.15) is 0 Å². The van der Waals surface area contributed by atoms with Gasteiger partial charge in [-0.3, -0.25) is 9.59 Å². The summed E-state index contributed by atoms with van der Waals surface area (Å²) in [4.78, 5) is 22.5. The van der Waals surface area contributed by atoms with Crippen molar-refractivity contribution in [3.8, 4) is 11.5 Å². The number of hydrogen-bond donors (Lipinski definition) is 2. The summed E-state index contributed by atoms with van der Waals surface area (Å²) in [5.41, 5.74) is 0.722. The van der Waals surface area contributed by atoms with E-state index in [2.05, 4.69) is 5.32 Å². The molecule has 1 aromatic rings. The highest BCUT2D eigenvalue weighted by Crippen LogP contribution is 2.24. The zero-order valence-corrected chi connectivity index (χ0v) is 12.5. The first-order valence-electron chi connectivity index (χ1n) is 6.68. The predicted molar refractivity (Wildman–Crippen MR) is 77.7 cm³/mol. The summed E-state index contributed by atoms with van der Waals surface area (Å²) in [6.07, 6.45) is 0.581. The summed E-state index contributed by atoms with van der Waals surface area (Å²) in [7, 11) is 3.10. The Morgan fingerprint density at radius 1 is 1.29 bits per heavy atom. The van der Waals surface area contributed by atoms with Crippen molar-refractivity contribution in [2.24, 2.45) is 0 Å². The highest BCUT2D eigenvalue weighted by Gasteiger charge is 2.13. The van der Waals surface area contributed by atoms with Crippen LogP contribution in [-0.2, 0) is 16.0 Å². The maximum atomic E-state index is 12.0. The van der Waals surface area contributed by atoms with E-state index in [0.29, 0.717) is 17.9 Å². The summed E-state index contributed by atoms with van der Waals surface area (Å²) in [5.74, 6) is 0.215. The van der Waals surface area contributed by atoms with Crippen molar-refractivity contribution >= 4 is 11.9 Å². The molecule has 0 fully saturated rings. The van der Waals surface area contributed by atoms with E-state index in [9.17, 15) is 9.59 Å². The van der Waals surface area contributed by atoms with Gasteiger partial charge in [-0.25, -0.2) is 0 Å². The number of aliphatic carboxylic acids is 1. The second-order valence-electron chi connectivity index (χ2n) is 4.76. The summed E-state index contributed by atoms with van der Waals surface area (Å²) in [5, 5.41) is 11.4. The SMILES string of the molecule is COc1ccc(OC)c(CC(=O)NC(C)CCC(=O)O)c1. The number of hydrogen-bond acceptors (Lipinski definition) is 4. The van der Waals surface area contributed by atoms with E-state index in [4.69, 9.17) is 14.6 Å². The maximum absolute atomic E-state index is 12.0. The van der Waals surface area contributed by atoms with E-state index in [-0.39, 0.29) is 24.8 Å². The highest BCUT2D eigenvalue weighted by atomic mass is 16.5. The zero-order valence-electron chi connectivity index (χ0n) is 12.5.